The molecule has 25 heavy (non-hydrogen) atoms. The molecule has 1 aromatic carbocycles. The summed E-state index contributed by atoms with van der Waals surface area (Å²) in [5.74, 6) is 1.74. The fraction of sp³-hybridized carbons (Fsp3) is 0.368. The van der Waals surface area contributed by atoms with E-state index in [1.165, 1.54) is 18.9 Å². The highest BCUT2D eigenvalue weighted by Gasteiger charge is 2.22. The summed E-state index contributed by atoms with van der Waals surface area (Å²) in [5.41, 5.74) is 1.65. The van der Waals surface area contributed by atoms with Crippen molar-refractivity contribution in [3.05, 3.63) is 59.5 Å². The van der Waals surface area contributed by atoms with Crippen molar-refractivity contribution >= 4 is 5.96 Å². The molecular weight excluding hydrogens is 319 g/mol. The topological polar surface area (TPSA) is 58.5 Å². The highest BCUT2D eigenvalue weighted by Crippen LogP contribution is 2.29. The van der Waals surface area contributed by atoms with Gasteiger partial charge in [-0.15, -0.1) is 0 Å². The molecule has 1 aromatic heterocycles. The van der Waals surface area contributed by atoms with Crippen LogP contribution in [0.15, 0.2) is 47.6 Å². The molecule has 0 atom stereocenters. The lowest BCUT2D eigenvalue weighted by atomic mass is 10.2. The summed E-state index contributed by atoms with van der Waals surface area (Å²) >= 11 is 0. The first-order valence-corrected chi connectivity index (χ1v) is 8.50. The monoisotopic (exact) mass is 342 g/mol. The average Bonchev–Trinajstić information content (AvgIpc) is 3.46. The van der Waals surface area contributed by atoms with Crippen LogP contribution in [-0.2, 0) is 13.1 Å². The molecule has 1 saturated carbocycles. The molecule has 1 fully saturated rings. The zero-order chi connectivity index (χ0) is 17.5. The molecule has 1 heterocycles. The zero-order valence-electron chi connectivity index (χ0n) is 14.3. The van der Waals surface area contributed by atoms with E-state index in [4.69, 9.17) is 4.74 Å². The van der Waals surface area contributed by atoms with Gasteiger partial charge in [0.2, 0.25) is 5.88 Å². The molecule has 0 spiro atoms. The third kappa shape index (κ3) is 5.45. The summed E-state index contributed by atoms with van der Waals surface area (Å²) in [6.07, 6.45) is 4.26. The van der Waals surface area contributed by atoms with Crippen molar-refractivity contribution in [2.75, 3.05) is 13.7 Å². The molecule has 0 saturated heterocycles. The number of nitrogens with zero attached hydrogens (tertiary/aromatic N) is 2. The molecule has 2 aromatic rings. The predicted molar refractivity (Wildman–Crippen MR) is 95.9 cm³/mol. The average molecular weight is 342 g/mol. The van der Waals surface area contributed by atoms with E-state index in [1.54, 1.807) is 25.4 Å². The van der Waals surface area contributed by atoms with Gasteiger partial charge in [-0.1, -0.05) is 18.2 Å². The van der Waals surface area contributed by atoms with Crippen LogP contribution in [0.1, 0.15) is 24.0 Å². The first-order chi connectivity index (χ1) is 12.2. The Labute approximate surface area is 147 Å². The molecule has 0 amide bonds. The lowest BCUT2D eigenvalue weighted by molar-refractivity contribution is 0.288. The van der Waals surface area contributed by atoms with E-state index in [1.807, 2.05) is 18.2 Å². The number of hydrogen-bond donors (Lipinski definition) is 2. The Kier molecular flexibility index (Phi) is 5.82. The Morgan fingerprint density at radius 3 is 2.80 bits per heavy atom. The third-order valence-electron chi connectivity index (χ3n) is 4.05. The maximum atomic E-state index is 13.7. The van der Waals surface area contributed by atoms with Gasteiger partial charge in [0.15, 0.2) is 5.96 Å². The molecule has 1 aliphatic rings. The van der Waals surface area contributed by atoms with Crippen LogP contribution in [0.4, 0.5) is 4.39 Å². The highest BCUT2D eigenvalue weighted by molar-refractivity contribution is 5.79. The summed E-state index contributed by atoms with van der Waals surface area (Å²) in [5, 5.41) is 6.32. The third-order valence-corrected chi connectivity index (χ3v) is 4.05. The van der Waals surface area contributed by atoms with Crippen molar-refractivity contribution < 1.29 is 9.13 Å². The zero-order valence-corrected chi connectivity index (χ0v) is 14.3. The van der Waals surface area contributed by atoms with E-state index in [2.05, 4.69) is 20.6 Å². The van der Waals surface area contributed by atoms with E-state index < -0.39 is 0 Å². The fourth-order valence-corrected chi connectivity index (χ4v) is 2.35. The van der Waals surface area contributed by atoms with Gasteiger partial charge in [0.05, 0.1) is 6.61 Å². The number of ether oxygens (including phenoxy) is 1. The minimum Gasteiger partial charge on any atom is -0.477 e. The standard InChI is InChI=1S/C19H23FN4O/c1-21-19(24-12-16-4-2-3-5-17(16)20)23-11-15-8-9-22-18(10-15)25-13-14-6-7-14/h2-5,8-10,14H,6-7,11-13H2,1H3,(H2,21,23,24). The fourth-order valence-electron chi connectivity index (χ4n) is 2.35. The van der Waals surface area contributed by atoms with Crippen molar-refractivity contribution in [1.82, 2.24) is 15.6 Å². The first-order valence-electron chi connectivity index (χ1n) is 8.50. The summed E-state index contributed by atoms with van der Waals surface area (Å²) in [4.78, 5) is 8.40. The number of hydrogen-bond acceptors (Lipinski definition) is 3. The van der Waals surface area contributed by atoms with Gasteiger partial charge in [-0.3, -0.25) is 4.99 Å². The Bertz CT molecular complexity index is 731. The molecular formula is C19H23FN4O. The van der Waals surface area contributed by atoms with Crippen LogP contribution >= 0.6 is 0 Å². The minimum atomic E-state index is -0.225. The summed E-state index contributed by atoms with van der Waals surface area (Å²) in [6.45, 7) is 1.70. The number of nitrogens with one attached hydrogen (secondary N) is 2. The van der Waals surface area contributed by atoms with Gasteiger partial charge in [0.1, 0.15) is 5.82 Å². The summed E-state index contributed by atoms with van der Waals surface area (Å²) in [7, 11) is 1.69. The molecule has 0 aliphatic heterocycles. The smallest absolute Gasteiger partial charge is 0.213 e. The number of halogens is 1. The molecule has 2 N–H and O–H groups in total. The number of rotatable bonds is 7. The second-order valence-electron chi connectivity index (χ2n) is 6.13. The molecule has 0 radical (unpaired) electrons. The second-order valence-corrected chi connectivity index (χ2v) is 6.13. The Balaban J connectivity index is 1.49. The highest BCUT2D eigenvalue weighted by atomic mass is 19.1. The van der Waals surface area contributed by atoms with E-state index in [0.717, 1.165) is 12.2 Å². The largest absolute Gasteiger partial charge is 0.477 e. The number of aliphatic imine (C=N–C) groups is 1. The van der Waals surface area contributed by atoms with Crippen molar-refractivity contribution in [1.29, 1.82) is 0 Å². The molecule has 132 valence electrons. The number of aromatic nitrogens is 1. The number of benzene rings is 1. The molecule has 1 aliphatic carbocycles. The van der Waals surface area contributed by atoms with Gasteiger partial charge in [0.25, 0.3) is 0 Å². The first kappa shape index (κ1) is 17.2. The summed E-state index contributed by atoms with van der Waals surface area (Å²) < 4.78 is 19.3. The van der Waals surface area contributed by atoms with Crippen LogP contribution < -0.4 is 15.4 Å². The second kappa shape index (κ2) is 8.46. The van der Waals surface area contributed by atoms with Crippen LogP contribution in [0.5, 0.6) is 5.88 Å². The number of pyridine rings is 1. The molecule has 3 rings (SSSR count). The van der Waals surface area contributed by atoms with Crippen LogP contribution in [0.2, 0.25) is 0 Å². The predicted octanol–water partition coefficient (Wildman–Crippen LogP) is 2.87. The van der Waals surface area contributed by atoms with Gasteiger partial charge >= 0.3 is 0 Å². The van der Waals surface area contributed by atoms with E-state index in [9.17, 15) is 4.39 Å². The lowest BCUT2D eigenvalue weighted by Crippen LogP contribution is -2.36. The molecule has 5 nitrogen and oxygen atoms in total. The van der Waals surface area contributed by atoms with Gasteiger partial charge in [0, 0.05) is 38.0 Å². The van der Waals surface area contributed by atoms with Gasteiger partial charge in [-0.2, -0.15) is 0 Å². The summed E-state index contributed by atoms with van der Waals surface area (Å²) in [6, 6.07) is 10.6. The van der Waals surface area contributed by atoms with Gasteiger partial charge < -0.3 is 15.4 Å². The minimum absolute atomic E-state index is 0.225. The van der Waals surface area contributed by atoms with Crippen molar-refractivity contribution in [2.45, 2.75) is 25.9 Å². The van der Waals surface area contributed by atoms with Crippen molar-refractivity contribution in [3.63, 3.8) is 0 Å². The number of guanidine groups is 1. The molecule has 0 unspecified atom stereocenters. The van der Waals surface area contributed by atoms with E-state index in [-0.39, 0.29) is 5.82 Å². The van der Waals surface area contributed by atoms with Crippen molar-refractivity contribution in [3.8, 4) is 5.88 Å². The Morgan fingerprint density at radius 2 is 2.04 bits per heavy atom. The van der Waals surface area contributed by atoms with Crippen LogP contribution in [0.3, 0.4) is 0 Å². The Morgan fingerprint density at radius 1 is 1.24 bits per heavy atom. The van der Waals surface area contributed by atoms with Gasteiger partial charge in [-0.05, 0) is 36.5 Å². The van der Waals surface area contributed by atoms with E-state index >= 15 is 0 Å². The van der Waals surface area contributed by atoms with Crippen LogP contribution in [0.25, 0.3) is 0 Å². The van der Waals surface area contributed by atoms with Crippen LogP contribution in [-0.4, -0.2) is 24.6 Å². The maximum Gasteiger partial charge on any atom is 0.213 e. The quantitative estimate of drug-likeness (QED) is 0.600. The van der Waals surface area contributed by atoms with Gasteiger partial charge in [-0.25, -0.2) is 9.37 Å². The van der Waals surface area contributed by atoms with E-state index in [0.29, 0.717) is 36.4 Å². The van der Waals surface area contributed by atoms with Crippen molar-refractivity contribution in [2.24, 2.45) is 10.9 Å². The Hall–Kier alpha value is -2.63. The SMILES string of the molecule is CN=C(NCc1ccnc(OCC2CC2)c1)NCc1ccccc1F. The normalized spacial score (nSPS) is 14.2. The molecule has 0 bridgehead atoms. The maximum absolute atomic E-state index is 13.7. The molecule has 6 heteroatoms. The van der Waals surface area contributed by atoms with Crippen LogP contribution in [0, 0.1) is 11.7 Å². The lowest BCUT2D eigenvalue weighted by Gasteiger charge is -2.13.